The van der Waals surface area contributed by atoms with Crippen LogP contribution in [0.25, 0.3) is 0 Å². The molecule has 120 valence electrons. The van der Waals surface area contributed by atoms with Gasteiger partial charge in [-0.3, -0.25) is 4.79 Å². The maximum Gasteiger partial charge on any atom is 0.248 e. The Morgan fingerprint density at radius 2 is 2.36 bits per heavy atom. The molecule has 3 heterocycles. The molecule has 0 bridgehead atoms. The Morgan fingerprint density at radius 1 is 1.55 bits per heavy atom. The number of piperidine rings is 1. The summed E-state index contributed by atoms with van der Waals surface area (Å²) in [5, 5.41) is 3.31. The Balaban J connectivity index is 1.59. The molecule has 1 amide bonds. The molecule has 3 rings (SSSR count). The van der Waals surface area contributed by atoms with Crippen molar-refractivity contribution in [1.29, 1.82) is 0 Å². The Bertz CT molecular complexity index is 513. The van der Waals surface area contributed by atoms with Crippen molar-refractivity contribution in [2.24, 2.45) is 0 Å². The van der Waals surface area contributed by atoms with E-state index >= 15 is 0 Å². The van der Waals surface area contributed by atoms with Crippen LogP contribution >= 0.6 is 0 Å². The SMILES string of the molecule is COCC(=O)N1CCC[C@]2(C[C@H](Nc3ncccn3)CO2)C1. The number of aromatic nitrogens is 2. The number of hydrogen-bond donors (Lipinski definition) is 1. The molecule has 7 nitrogen and oxygen atoms in total. The molecule has 7 heteroatoms. The van der Waals surface area contributed by atoms with Gasteiger partial charge in [0.05, 0.1) is 18.2 Å². The van der Waals surface area contributed by atoms with Gasteiger partial charge in [-0.15, -0.1) is 0 Å². The normalized spacial score (nSPS) is 28.0. The summed E-state index contributed by atoms with van der Waals surface area (Å²) in [5.41, 5.74) is -0.242. The number of rotatable bonds is 4. The first-order valence-corrected chi connectivity index (χ1v) is 7.65. The average Bonchev–Trinajstić information content (AvgIpc) is 2.90. The molecule has 0 aromatic carbocycles. The topological polar surface area (TPSA) is 76.6 Å². The van der Waals surface area contributed by atoms with Gasteiger partial charge in [0, 0.05) is 39.0 Å². The van der Waals surface area contributed by atoms with Crippen molar-refractivity contribution in [3.63, 3.8) is 0 Å². The number of nitrogens with one attached hydrogen (secondary N) is 1. The molecule has 0 aliphatic carbocycles. The first-order chi connectivity index (χ1) is 10.7. The van der Waals surface area contributed by atoms with Crippen LogP contribution in [0.3, 0.4) is 0 Å². The van der Waals surface area contributed by atoms with Crippen molar-refractivity contribution in [3.05, 3.63) is 18.5 Å². The number of nitrogens with zero attached hydrogens (tertiary/aromatic N) is 3. The van der Waals surface area contributed by atoms with Gasteiger partial charge in [-0.2, -0.15) is 0 Å². The first kappa shape index (κ1) is 15.2. The smallest absolute Gasteiger partial charge is 0.248 e. The molecular formula is C15H22N4O3. The Labute approximate surface area is 130 Å². The summed E-state index contributed by atoms with van der Waals surface area (Å²) in [5.74, 6) is 0.657. The van der Waals surface area contributed by atoms with Crippen molar-refractivity contribution < 1.29 is 14.3 Å². The quantitative estimate of drug-likeness (QED) is 0.882. The molecule has 1 aromatic heterocycles. The Morgan fingerprint density at radius 3 is 3.14 bits per heavy atom. The lowest BCUT2D eigenvalue weighted by atomic mass is 9.88. The van der Waals surface area contributed by atoms with Crippen LogP contribution in [0.15, 0.2) is 18.5 Å². The summed E-state index contributed by atoms with van der Waals surface area (Å²) in [7, 11) is 1.55. The molecular weight excluding hydrogens is 284 g/mol. The molecule has 22 heavy (non-hydrogen) atoms. The highest BCUT2D eigenvalue weighted by molar-refractivity contribution is 5.77. The number of likely N-dealkylation sites (tertiary alicyclic amines) is 1. The lowest BCUT2D eigenvalue weighted by molar-refractivity contribution is -0.143. The van der Waals surface area contributed by atoms with E-state index < -0.39 is 0 Å². The van der Waals surface area contributed by atoms with Gasteiger partial charge < -0.3 is 19.7 Å². The van der Waals surface area contributed by atoms with E-state index in [1.54, 1.807) is 25.6 Å². The molecule has 2 saturated heterocycles. The van der Waals surface area contributed by atoms with Crippen LogP contribution in [0.5, 0.6) is 0 Å². The van der Waals surface area contributed by atoms with Crippen LogP contribution in [0.1, 0.15) is 19.3 Å². The Kier molecular flexibility index (Phi) is 4.54. The van der Waals surface area contributed by atoms with Gasteiger partial charge in [0.1, 0.15) is 6.61 Å². The van der Waals surface area contributed by atoms with Crippen molar-refractivity contribution in [3.8, 4) is 0 Å². The van der Waals surface area contributed by atoms with Crippen molar-refractivity contribution >= 4 is 11.9 Å². The molecule has 1 N–H and O–H groups in total. The van der Waals surface area contributed by atoms with Gasteiger partial charge >= 0.3 is 0 Å². The van der Waals surface area contributed by atoms with E-state index in [-0.39, 0.29) is 24.2 Å². The van der Waals surface area contributed by atoms with Gasteiger partial charge in [-0.25, -0.2) is 9.97 Å². The zero-order valence-electron chi connectivity index (χ0n) is 12.8. The van der Waals surface area contributed by atoms with E-state index in [0.29, 0.717) is 19.1 Å². The second-order valence-electron chi connectivity index (χ2n) is 5.96. The zero-order valence-corrected chi connectivity index (χ0v) is 12.8. The fraction of sp³-hybridized carbons (Fsp3) is 0.667. The lowest BCUT2D eigenvalue weighted by Gasteiger charge is -2.39. The number of ether oxygens (including phenoxy) is 2. The van der Waals surface area contributed by atoms with Crippen LogP contribution in [0, 0.1) is 0 Å². The monoisotopic (exact) mass is 306 g/mol. The molecule has 1 aromatic rings. The third-order valence-electron chi connectivity index (χ3n) is 4.27. The van der Waals surface area contributed by atoms with E-state index in [4.69, 9.17) is 9.47 Å². The van der Waals surface area contributed by atoms with Crippen LogP contribution in [-0.2, 0) is 14.3 Å². The minimum absolute atomic E-state index is 0.0352. The van der Waals surface area contributed by atoms with E-state index in [1.807, 2.05) is 4.90 Å². The second kappa shape index (κ2) is 6.58. The van der Waals surface area contributed by atoms with Gasteiger partial charge in [-0.05, 0) is 18.9 Å². The third-order valence-corrected chi connectivity index (χ3v) is 4.27. The number of hydrogen-bond acceptors (Lipinski definition) is 6. The Hall–Kier alpha value is -1.73. The summed E-state index contributed by atoms with van der Waals surface area (Å²) in [4.78, 5) is 22.2. The first-order valence-electron chi connectivity index (χ1n) is 7.65. The van der Waals surface area contributed by atoms with Crippen LogP contribution in [0.2, 0.25) is 0 Å². The fourth-order valence-electron chi connectivity index (χ4n) is 3.30. The van der Waals surface area contributed by atoms with Gasteiger partial charge in [0.2, 0.25) is 11.9 Å². The number of carbonyl (C=O) groups is 1. The summed E-state index contributed by atoms with van der Waals surface area (Å²) in [6.07, 6.45) is 6.24. The average molecular weight is 306 g/mol. The molecule has 0 saturated carbocycles. The standard InChI is InChI=1S/C15H22N4O3/c1-21-10-13(20)19-7-2-4-15(11-19)8-12(9-22-15)18-14-16-5-3-6-17-14/h3,5-6,12H,2,4,7-11H2,1H3,(H,16,17,18)/t12-,15-/m0/s1. The fourth-order valence-corrected chi connectivity index (χ4v) is 3.30. The molecule has 2 atom stereocenters. The van der Waals surface area contributed by atoms with E-state index in [9.17, 15) is 4.79 Å². The molecule has 2 fully saturated rings. The largest absolute Gasteiger partial charge is 0.375 e. The van der Waals surface area contributed by atoms with Crippen molar-refractivity contribution in [2.45, 2.75) is 30.9 Å². The minimum atomic E-state index is -0.242. The van der Waals surface area contributed by atoms with Crippen LogP contribution < -0.4 is 5.32 Å². The number of anilines is 1. The van der Waals surface area contributed by atoms with E-state index in [0.717, 1.165) is 25.8 Å². The molecule has 0 radical (unpaired) electrons. The molecule has 0 unspecified atom stereocenters. The van der Waals surface area contributed by atoms with Gasteiger partial charge in [-0.1, -0.05) is 0 Å². The lowest BCUT2D eigenvalue weighted by Crippen LogP contribution is -2.51. The molecule has 2 aliphatic heterocycles. The number of carbonyl (C=O) groups excluding carboxylic acids is 1. The summed E-state index contributed by atoms with van der Waals surface area (Å²) in [6.45, 7) is 2.18. The zero-order chi connectivity index (χ0) is 15.4. The minimum Gasteiger partial charge on any atom is -0.375 e. The third kappa shape index (κ3) is 3.36. The highest BCUT2D eigenvalue weighted by atomic mass is 16.5. The maximum atomic E-state index is 12.0. The molecule has 1 spiro atoms. The summed E-state index contributed by atoms with van der Waals surface area (Å²) in [6, 6.07) is 1.97. The van der Waals surface area contributed by atoms with Crippen LogP contribution in [-0.4, -0.2) is 65.8 Å². The molecule has 2 aliphatic rings. The van der Waals surface area contributed by atoms with E-state index in [1.165, 1.54) is 0 Å². The highest BCUT2D eigenvalue weighted by Gasteiger charge is 2.44. The van der Waals surface area contributed by atoms with Crippen molar-refractivity contribution in [1.82, 2.24) is 14.9 Å². The van der Waals surface area contributed by atoms with Crippen LogP contribution in [0.4, 0.5) is 5.95 Å². The predicted octanol–water partition coefficient (Wildman–Crippen LogP) is 0.685. The maximum absolute atomic E-state index is 12.0. The van der Waals surface area contributed by atoms with E-state index in [2.05, 4.69) is 15.3 Å². The summed E-state index contributed by atoms with van der Waals surface area (Å²) < 4.78 is 11.0. The van der Waals surface area contributed by atoms with Crippen molar-refractivity contribution in [2.75, 3.05) is 38.7 Å². The summed E-state index contributed by atoms with van der Waals surface area (Å²) >= 11 is 0. The second-order valence-corrected chi connectivity index (χ2v) is 5.96. The van der Waals surface area contributed by atoms with Gasteiger partial charge in [0.15, 0.2) is 0 Å². The highest BCUT2D eigenvalue weighted by Crippen LogP contribution is 2.35. The predicted molar refractivity (Wildman–Crippen MR) is 80.4 cm³/mol. The number of amides is 1. The van der Waals surface area contributed by atoms with Gasteiger partial charge in [0.25, 0.3) is 0 Å². The number of methoxy groups -OCH3 is 1.